The monoisotopic (exact) mass is 669 g/mol. The molecule has 9 nitrogen and oxygen atoms in total. The van der Waals surface area contributed by atoms with Gasteiger partial charge in [-0.25, -0.2) is 18.7 Å². The summed E-state index contributed by atoms with van der Waals surface area (Å²) in [5.74, 6) is 0.620. The average Bonchev–Trinajstić information content (AvgIpc) is 3.06. The lowest BCUT2D eigenvalue weighted by Crippen LogP contribution is -2.66. The van der Waals surface area contributed by atoms with E-state index >= 15 is 8.78 Å². The molecule has 1 spiro atoms. The lowest BCUT2D eigenvalue weighted by Gasteiger charge is -2.48. The maximum absolute atomic E-state index is 15.5. The van der Waals surface area contributed by atoms with E-state index in [-0.39, 0.29) is 18.1 Å². The number of unbranched alkanes of at least 4 members (excludes halogenated alkanes) is 5. The Morgan fingerprint density at radius 2 is 1.62 bits per heavy atom. The van der Waals surface area contributed by atoms with E-state index in [4.69, 9.17) is 4.74 Å². The lowest BCUT2D eigenvalue weighted by molar-refractivity contribution is -0.123. The average molecular weight is 670 g/mol. The van der Waals surface area contributed by atoms with Gasteiger partial charge in [0.2, 0.25) is 5.91 Å². The molecule has 3 fully saturated rings. The first-order valence-electron chi connectivity index (χ1n) is 18.1. The Morgan fingerprint density at radius 3 is 2.35 bits per heavy atom. The number of hydrogen-bond acceptors (Lipinski definition) is 8. The van der Waals surface area contributed by atoms with Crippen molar-refractivity contribution in [3.8, 4) is 0 Å². The van der Waals surface area contributed by atoms with Crippen LogP contribution in [0.4, 0.5) is 26.1 Å². The molecule has 3 aliphatic heterocycles. The Hall–Kier alpha value is -3.05. The minimum Gasteiger partial charge on any atom is -0.382 e. The zero-order valence-electron chi connectivity index (χ0n) is 29.6. The van der Waals surface area contributed by atoms with Gasteiger partial charge in [-0.2, -0.15) is 0 Å². The number of aromatic nitrogens is 2. The van der Waals surface area contributed by atoms with E-state index in [9.17, 15) is 4.79 Å². The van der Waals surface area contributed by atoms with Crippen molar-refractivity contribution in [3.63, 3.8) is 0 Å². The van der Waals surface area contributed by atoms with Gasteiger partial charge in [-0.05, 0) is 70.0 Å². The van der Waals surface area contributed by atoms with Crippen LogP contribution in [-0.2, 0) is 16.1 Å². The highest BCUT2D eigenvalue weighted by Gasteiger charge is 2.42. The van der Waals surface area contributed by atoms with Crippen LogP contribution in [0, 0.1) is 17.0 Å². The van der Waals surface area contributed by atoms with Crippen molar-refractivity contribution in [3.05, 3.63) is 41.7 Å². The molecule has 3 aliphatic rings. The van der Waals surface area contributed by atoms with Crippen LogP contribution in [-0.4, -0.2) is 85.3 Å². The standard InChI is InChI=1S/C37H57F2N7O2/c1-28(48-4)11-9-7-5-6-8-10-16-40-33-23-34(42-27-41-33)45-19-14-37(15-20-45)26-46(25-35(47)43-37)32-22-30(38)29(21-31(32)39)24-44-17-12-36(2,3)13-18-44/h21-23,27-28H,5-20,24-26H2,1-4H3,(H,43,47)(H,40,41,42). The Bertz CT molecular complexity index is 1340. The van der Waals surface area contributed by atoms with Crippen molar-refractivity contribution < 1.29 is 18.3 Å². The van der Waals surface area contributed by atoms with Gasteiger partial charge in [-0.15, -0.1) is 0 Å². The van der Waals surface area contributed by atoms with Crippen molar-refractivity contribution in [1.82, 2.24) is 20.2 Å². The number of amides is 1. The Labute approximate surface area is 286 Å². The molecule has 1 amide bonds. The van der Waals surface area contributed by atoms with Gasteiger partial charge in [-0.1, -0.05) is 46.0 Å². The number of carbonyl (C=O) groups is 1. The summed E-state index contributed by atoms with van der Waals surface area (Å²) < 4.78 is 36.2. The quantitative estimate of drug-likeness (QED) is 0.207. The second kappa shape index (κ2) is 16.6. The van der Waals surface area contributed by atoms with Crippen molar-refractivity contribution in [2.24, 2.45) is 5.41 Å². The predicted octanol–water partition coefficient (Wildman–Crippen LogP) is 6.53. The van der Waals surface area contributed by atoms with Gasteiger partial charge >= 0.3 is 0 Å². The molecule has 0 bridgehead atoms. The molecule has 3 saturated heterocycles. The molecular formula is C37H57F2N7O2. The molecule has 11 heteroatoms. The van der Waals surface area contributed by atoms with E-state index in [0.29, 0.717) is 56.1 Å². The molecule has 48 heavy (non-hydrogen) atoms. The second-order valence-electron chi connectivity index (χ2n) is 15.2. The number of methoxy groups -OCH3 is 1. The highest BCUT2D eigenvalue weighted by molar-refractivity contribution is 5.84. The van der Waals surface area contributed by atoms with Crippen LogP contribution in [0.1, 0.15) is 97.0 Å². The summed E-state index contributed by atoms with van der Waals surface area (Å²) in [6.45, 7) is 11.5. The number of nitrogens with zero attached hydrogens (tertiary/aromatic N) is 5. The molecule has 2 aromatic rings. The van der Waals surface area contributed by atoms with E-state index < -0.39 is 17.2 Å². The zero-order valence-corrected chi connectivity index (χ0v) is 29.6. The maximum atomic E-state index is 15.5. The number of anilines is 3. The number of likely N-dealkylation sites (tertiary alicyclic amines) is 1. The fourth-order valence-corrected chi connectivity index (χ4v) is 7.30. The first-order valence-corrected chi connectivity index (χ1v) is 18.1. The summed E-state index contributed by atoms with van der Waals surface area (Å²) in [6.07, 6.45) is 13.8. The Balaban J connectivity index is 1.09. The van der Waals surface area contributed by atoms with Gasteiger partial charge in [0.15, 0.2) is 0 Å². The number of piperidine rings is 2. The summed E-state index contributed by atoms with van der Waals surface area (Å²) in [5.41, 5.74) is 0.321. The number of rotatable bonds is 15. The van der Waals surface area contributed by atoms with Gasteiger partial charge < -0.3 is 25.2 Å². The van der Waals surface area contributed by atoms with Crippen LogP contribution in [0.2, 0.25) is 0 Å². The molecule has 1 aromatic carbocycles. The van der Waals surface area contributed by atoms with Crippen LogP contribution in [0.15, 0.2) is 24.5 Å². The molecule has 1 aromatic heterocycles. The van der Waals surface area contributed by atoms with Gasteiger partial charge in [0.25, 0.3) is 0 Å². The normalized spacial score (nSPS) is 20.2. The molecule has 2 N–H and O–H groups in total. The number of ether oxygens (including phenoxy) is 1. The van der Waals surface area contributed by atoms with Crippen molar-refractivity contribution in [2.75, 3.05) is 68.0 Å². The molecule has 5 rings (SSSR count). The maximum Gasteiger partial charge on any atom is 0.240 e. The zero-order chi connectivity index (χ0) is 34.1. The van der Waals surface area contributed by atoms with Gasteiger partial charge in [0.1, 0.15) is 29.6 Å². The fourth-order valence-electron chi connectivity index (χ4n) is 7.30. The van der Waals surface area contributed by atoms with Crippen molar-refractivity contribution >= 4 is 23.2 Å². The smallest absolute Gasteiger partial charge is 0.240 e. The molecule has 0 aliphatic carbocycles. The third-order valence-electron chi connectivity index (χ3n) is 10.7. The minimum absolute atomic E-state index is 0.0109. The highest BCUT2D eigenvalue weighted by atomic mass is 19.1. The van der Waals surface area contributed by atoms with Gasteiger partial charge in [0, 0.05) is 57.5 Å². The fraction of sp³-hybridized carbons (Fsp3) is 0.703. The molecular weight excluding hydrogens is 612 g/mol. The van der Waals surface area contributed by atoms with Crippen molar-refractivity contribution in [2.45, 2.75) is 110 Å². The lowest BCUT2D eigenvalue weighted by atomic mass is 9.82. The molecule has 0 radical (unpaired) electrons. The molecule has 4 heterocycles. The first kappa shape index (κ1) is 36.2. The summed E-state index contributed by atoms with van der Waals surface area (Å²) in [7, 11) is 1.78. The minimum atomic E-state index is -0.510. The predicted molar refractivity (Wildman–Crippen MR) is 188 cm³/mol. The summed E-state index contributed by atoms with van der Waals surface area (Å²) in [6, 6.07) is 4.62. The van der Waals surface area contributed by atoms with E-state index in [2.05, 4.69) is 51.2 Å². The van der Waals surface area contributed by atoms with Gasteiger partial charge in [-0.3, -0.25) is 9.69 Å². The molecule has 1 atom stereocenters. The van der Waals surface area contributed by atoms with Crippen LogP contribution in [0.25, 0.3) is 0 Å². The van der Waals surface area contributed by atoms with Crippen LogP contribution in [0.3, 0.4) is 0 Å². The van der Waals surface area contributed by atoms with Crippen LogP contribution < -0.4 is 20.4 Å². The number of halogens is 2. The Kier molecular flexibility index (Phi) is 12.5. The number of piperazine rings is 1. The molecule has 266 valence electrons. The third kappa shape index (κ3) is 10.00. The first-order chi connectivity index (χ1) is 23.0. The SMILES string of the molecule is COC(C)CCCCCCCCNc1cc(N2CCC3(CC2)CN(c2cc(F)c(CN4CCC(C)(C)CC4)cc2F)CC(=O)N3)ncn1. The number of carbonyl (C=O) groups excluding carboxylic acids is 1. The number of benzene rings is 1. The topological polar surface area (TPSA) is 85.9 Å². The van der Waals surface area contributed by atoms with Crippen LogP contribution in [0.5, 0.6) is 0 Å². The largest absolute Gasteiger partial charge is 0.382 e. The van der Waals surface area contributed by atoms with E-state index in [0.717, 1.165) is 57.0 Å². The summed E-state index contributed by atoms with van der Waals surface area (Å²) in [4.78, 5) is 28.0. The van der Waals surface area contributed by atoms with E-state index in [1.807, 2.05) is 6.07 Å². The van der Waals surface area contributed by atoms with Crippen LogP contribution >= 0.6 is 0 Å². The Morgan fingerprint density at radius 1 is 0.917 bits per heavy atom. The van der Waals surface area contributed by atoms with Gasteiger partial charge in [0.05, 0.1) is 23.9 Å². The number of hydrogen-bond donors (Lipinski definition) is 2. The summed E-state index contributed by atoms with van der Waals surface area (Å²) >= 11 is 0. The highest BCUT2D eigenvalue weighted by Crippen LogP contribution is 2.34. The molecule has 0 saturated carbocycles. The van der Waals surface area contributed by atoms with Crippen molar-refractivity contribution in [1.29, 1.82) is 0 Å². The third-order valence-corrected chi connectivity index (χ3v) is 10.7. The summed E-state index contributed by atoms with van der Waals surface area (Å²) in [5, 5.41) is 6.65. The second-order valence-corrected chi connectivity index (χ2v) is 15.2. The van der Waals surface area contributed by atoms with E-state index in [1.165, 1.54) is 44.2 Å². The molecule has 1 unspecified atom stereocenters. The van der Waals surface area contributed by atoms with E-state index in [1.54, 1.807) is 18.3 Å². The number of nitrogens with one attached hydrogen (secondary N) is 2.